The monoisotopic (exact) mass is 552 g/mol. The Balaban J connectivity index is -0.0000000227. The smallest absolute Gasteiger partial charge is 0 e. The van der Waals surface area contributed by atoms with E-state index in [0.717, 1.165) is 9.79 Å². The van der Waals surface area contributed by atoms with Crippen molar-refractivity contribution in [3.05, 3.63) is 114 Å². The molecule has 12 heteroatoms. The van der Waals surface area contributed by atoms with Crippen LogP contribution in [-0.2, 0) is 96.6 Å². The molecule has 0 atom stereocenters. The van der Waals surface area contributed by atoms with Gasteiger partial charge in [0.2, 0.25) is 0 Å². The molecule has 0 amide bonds. The number of benzene rings is 2. The molecule has 0 fully saturated rings. The molecular weight excluding hydrogens is 542 g/mol. The molecule has 2 aromatic rings. The van der Waals surface area contributed by atoms with Crippen LogP contribution in [0.1, 0.15) is 0 Å². The van der Waals surface area contributed by atoms with Gasteiger partial charge in [-0.15, -0.1) is 0 Å². The van der Waals surface area contributed by atoms with Gasteiger partial charge in [0.15, 0.2) is 0 Å². The summed E-state index contributed by atoms with van der Waals surface area (Å²) >= 11 is 9.62. The van der Waals surface area contributed by atoms with Crippen LogP contribution in [0.5, 0.6) is 0 Å². The minimum Gasteiger partial charge on any atom is -0.780 e. The van der Waals surface area contributed by atoms with E-state index in [-0.39, 0.29) is 34.1 Å². The first-order chi connectivity index (χ1) is 14.8. The van der Waals surface area contributed by atoms with Gasteiger partial charge < -0.3 is 25.3 Å². The molecule has 2 aromatic carbocycles. The predicted octanol–water partition coefficient (Wildman–Crippen LogP) is 2.88. The first-order valence-corrected chi connectivity index (χ1v) is 6.68. The molecule has 0 aliphatic rings. The van der Waals surface area contributed by atoms with Gasteiger partial charge in [0.25, 0.3) is 0 Å². The average molecular weight is 552 g/mol. The zero-order valence-corrected chi connectivity index (χ0v) is 19.6. The first kappa shape index (κ1) is 63.1. The Morgan fingerprint density at radius 2 is 0.469 bits per heavy atom. The van der Waals surface area contributed by atoms with Crippen molar-refractivity contribution in [1.82, 2.24) is 0 Å². The molecule has 2 radical (unpaired) electrons. The van der Waals surface area contributed by atoms with Crippen molar-refractivity contribution < 1.29 is 71.4 Å². The van der Waals surface area contributed by atoms with Gasteiger partial charge in [0.1, 0.15) is 0 Å². The van der Waals surface area contributed by atoms with Crippen molar-refractivity contribution in [1.29, 1.82) is 0 Å². The molecule has 0 spiro atoms. The number of rotatable bonds is 0. The fraction of sp³-hybridized carbons (Fsp3) is 0. The second-order valence-electron chi connectivity index (χ2n) is 2.63. The zero-order chi connectivity index (χ0) is 26.2. The normalized spacial score (nSPS) is 4.25. The van der Waals surface area contributed by atoms with Gasteiger partial charge in [-0.05, 0) is 0 Å². The first-order valence-electron chi connectivity index (χ1n) is 5.86. The summed E-state index contributed by atoms with van der Waals surface area (Å²) in [6.45, 7) is 36.0. The van der Waals surface area contributed by atoms with Gasteiger partial charge in [-0.25, -0.2) is 0 Å². The number of hydrogen-bond acceptors (Lipinski definition) is 2. The van der Waals surface area contributed by atoms with E-state index in [9.17, 15) is 0 Å². The Hall–Kier alpha value is -2.16. The zero-order valence-electron chi connectivity index (χ0n) is 15.6. The van der Waals surface area contributed by atoms with Crippen molar-refractivity contribution in [2.75, 3.05) is 0 Å². The molecule has 0 heterocycles. The largest absolute Gasteiger partial charge is 0.780 e. The maximum Gasteiger partial charge on any atom is 0 e. The van der Waals surface area contributed by atoms with Crippen LogP contribution in [0.4, 0.5) is 0 Å². The predicted molar refractivity (Wildman–Crippen MR) is 95.6 cm³/mol. The van der Waals surface area contributed by atoms with Crippen molar-refractivity contribution in [2.45, 2.75) is 9.79 Å². The van der Waals surface area contributed by atoms with Crippen molar-refractivity contribution in [3.8, 4) is 0 Å². The molecule has 8 nitrogen and oxygen atoms in total. The van der Waals surface area contributed by atoms with Crippen LogP contribution in [0.3, 0.4) is 0 Å². The average Bonchev–Trinajstić information content (AvgIpc) is 2.90. The second-order valence-corrected chi connectivity index (χ2v) is 3.57. The van der Waals surface area contributed by atoms with Crippen LogP contribution in [0, 0.1) is 53.2 Å². The molecule has 0 aliphatic heterocycles. The standard InChI is InChI=1S/2C6H6S.8CO.2Mn/c2*7-6-4-2-1-3-5-6;8*1-2;;/h2*1-5,7H;;;;;;;;;;/p-2. The van der Waals surface area contributed by atoms with Crippen molar-refractivity contribution >= 4 is 25.3 Å². The maximum atomic E-state index is 7.50. The van der Waals surface area contributed by atoms with Crippen LogP contribution in [0.2, 0.25) is 0 Å². The quantitative estimate of drug-likeness (QED) is 0.213. The fourth-order valence-corrected chi connectivity index (χ4v) is 1.16. The Morgan fingerprint density at radius 3 is 0.531 bits per heavy atom. The topological polar surface area (TPSA) is 159 Å². The molecule has 2 rings (SSSR count). The third-order valence-electron chi connectivity index (χ3n) is 1.49. The summed E-state index contributed by atoms with van der Waals surface area (Å²) in [6.07, 6.45) is 0. The summed E-state index contributed by atoms with van der Waals surface area (Å²) in [5.41, 5.74) is 0. The Morgan fingerprint density at radius 1 is 0.344 bits per heavy atom. The van der Waals surface area contributed by atoms with E-state index in [4.69, 9.17) is 62.5 Å². The van der Waals surface area contributed by atoms with Gasteiger partial charge >= 0.3 is 90.4 Å². The maximum absolute atomic E-state index is 7.50. The molecule has 0 N–H and O–H groups in total. The minimum atomic E-state index is 0. The van der Waals surface area contributed by atoms with Crippen LogP contribution < -0.4 is 0 Å². The molecule has 0 aromatic heterocycles. The van der Waals surface area contributed by atoms with E-state index in [1.807, 2.05) is 60.7 Å². The molecule has 0 unspecified atom stereocenters. The molecule has 0 aliphatic carbocycles. The van der Waals surface area contributed by atoms with E-state index >= 15 is 0 Å². The van der Waals surface area contributed by atoms with Crippen LogP contribution in [-0.4, -0.2) is 0 Å². The van der Waals surface area contributed by atoms with Gasteiger partial charge in [0, 0.05) is 34.1 Å². The van der Waals surface area contributed by atoms with Crippen molar-refractivity contribution in [3.63, 3.8) is 0 Å². The summed E-state index contributed by atoms with van der Waals surface area (Å²) < 4.78 is 60.0. The summed E-state index contributed by atoms with van der Waals surface area (Å²) in [4.78, 5) is 1.81. The Labute approximate surface area is 219 Å². The Bertz CT molecular complexity index is 572. The van der Waals surface area contributed by atoms with Gasteiger partial charge in [0.05, 0.1) is 0 Å². The van der Waals surface area contributed by atoms with E-state index < -0.39 is 0 Å². The summed E-state index contributed by atoms with van der Waals surface area (Å²) in [7, 11) is 0. The van der Waals surface area contributed by atoms with Gasteiger partial charge in [-0.1, -0.05) is 60.7 Å². The van der Waals surface area contributed by atoms with Crippen LogP contribution in [0.15, 0.2) is 70.5 Å². The minimum absolute atomic E-state index is 0. The molecular formula is C20H10Mn2O8S2-2. The van der Waals surface area contributed by atoms with E-state index in [0.29, 0.717) is 0 Å². The van der Waals surface area contributed by atoms with Gasteiger partial charge in [-0.2, -0.15) is 9.79 Å². The summed E-state index contributed by atoms with van der Waals surface area (Å²) in [6, 6.07) is 19.2. The van der Waals surface area contributed by atoms with Crippen LogP contribution in [0.25, 0.3) is 0 Å². The van der Waals surface area contributed by atoms with Gasteiger partial charge in [-0.3, -0.25) is 0 Å². The fourth-order valence-electron chi connectivity index (χ4n) is 0.841. The molecule has 166 valence electrons. The molecule has 0 saturated carbocycles. The molecule has 32 heavy (non-hydrogen) atoms. The third kappa shape index (κ3) is 105. The van der Waals surface area contributed by atoms with E-state index in [2.05, 4.69) is 53.2 Å². The molecule has 0 bridgehead atoms. The summed E-state index contributed by atoms with van der Waals surface area (Å²) in [5, 5.41) is 0. The SMILES string of the molecule is [C-]#[O+].[C-]#[O+].[C-]#[O+].[C-]#[O+].[C-]#[O+].[C-]#[O+].[C-]#[O+].[C-]#[O+].[Mn].[Mn].[S-]c1ccccc1.[S-]c1ccccc1. The summed E-state index contributed by atoms with van der Waals surface area (Å²) in [5.74, 6) is 0. The van der Waals surface area contributed by atoms with E-state index in [1.54, 1.807) is 0 Å². The second kappa shape index (κ2) is 117. The number of hydrogen-bond donors (Lipinski definition) is 0. The molecule has 0 saturated heterocycles. The Kier molecular flexibility index (Phi) is 230. The van der Waals surface area contributed by atoms with Crippen molar-refractivity contribution in [2.24, 2.45) is 0 Å². The third-order valence-corrected chi connectivity index (χ3v) is 2.03. The van der Waals surface area contributed by atoms with Crippen LogP contribution >= 0.6 is 0 Å². The van der Waals surface area contributed by atoms with E-state index in [1.165, 1.54) is 0 Å².